The molecule has 0 atom stereocenters. The Kier molecular flexibility index (Phi) is 3.39. The number of methoxy groups -OCH3 is 1. The van der Waals surface area contributed by atoms with E-state index in [1.807, 2.05) is 28.1 Å². The van der Waals surface area contributed by atoms with Crippen molar-refractivity contribution < 1.29 is 9.53 Å². The minimum absolute atomic E-state index is 0.298. The van der Waals surface area contributed by atoms with Gasteiger partial charge < -0.3 is 9.30 Å². The quantitative estimate of drug-likeness (QED) is 0.513. The smallest absolute Gasteiger partial charge is 0.354 e. The lowest BCUT2D eigenvalue weighted by molar-refractivity contribution is 0.0589. The van der Waals surface area contributed by atoms with Crippen LogP contribution in [-0.2, 0) is 11.3 Å². The van der Waals surface area contributed by atoms with E-state index in [-0.39, 0.29) is 5.97 Å². The average Bonchev–Trinajstić information content (AvgIpc) is 3.17. The number of hydrogen-bond donors (Lipinski definition) is 0. The molecule has 0 aliphatic carbocycles. The first-order chi connectivity index (χ1) is 11.3. The molecule has 0 amide bonds. The van der Waals surface area contributed by atoms with Crippen molar-refractivity contribution in [2.75, 3.05) is 7.11 Å². The monoisotopic (exact) mass is 321 g/mol. The molecule has 114 valence electrons. The van der Waals surface area contributed by atoms with E-state index in [4.69, 9.17) is 4.74 Å². The van der Waals surface area contributed by atoms with Gasteiger partial charge in [-0.1, -0.05) is 42.5 Å². The Morgan fingerprint density at radius 3 is 2.83 bits per heavy atom. The van der Waals surface area contributed by atoms with Crippen molar-refractivity contribution in [3.05, 3.63) is 71.2 Å². The first-order valence-electron chi connectivity index (χ1n) is 7.39. The molecular weight excluding hydrogens is 306 g/mol. The number of nitrogens with zero attached hydrogens (tertiary/aromatic N) is 1. The Labute approximate surface area is 137 Å². The van der Waals surface area contributed by atoms with Crippen LogP contribution in [0.15, 0.2) is 60.0 Å². The largest absolute Gasteiger partial charge is 0.464 e. The van der Waals surface area contributed by atoms with E-state index in [9.17, 15) is 4.79 Å². The molecule has 0 aliphatic rings. The van der Waals surface area contributed by atoms with Crippen LogP contribution in [0.2, 0.25) is 0 Å². The molecule has 4 heteroatoms. The molecule has 0 unspecified atom stereocenters. The summed E-state index contributed by atoms with van der Waals surface area (Å²) in [5.41, 5.74) is 2.86. The second kappa shape index (κ2) is 5.56. The fourth-order valence-corrected chi connectivity index (χ4v) is 3.84. The zero-order valence-corrected chi connectivity index (χ0v) is 13.5. The molecule has 2 aromatic heterocycles. The van der Waals surface area contributed by atoms with Crippen LogP contribution in [0.5, 0.6) is 0 Å². The molecule has 0 saturated heterocycles. The SMILES string of the molecule is COC(=O)c1cc2sccc2n1Cc1cccc2ccccc12. The average molecular weight is 321 g/mol. The maximum atomic E-state index is 12.1. The van der Waals surface area contributed by atoms with Gasteiger partial charge in [0.15, 0.2) is 0 Å². The molecule has 2 heterocycles. The summed E-state index contributed by atoms with van der Waals surface area (Å²) >= 11 is 1.64. The van der Waals surface area contributed by atoms with Gasteiger partial charge in [-0.3, -0.25) is 0 Å². The molecule has 2 aromatic carbocycles. The lowest BCUT2D eigenvalue weighted by atomic mass is 10.0. The van der Waals surface area contributed by atoms with Gasteiger partial charge in [-0.25, -0.2) is 4.79 Å². The molecule has 0 N–H and O–H groups in total. The third kappa shape index (κ3) is 2.32. The summed E-state index contributed by atoms with van der Waals surface area (Å²) in [5.74, 6) is -0.298. The van der Waals surface area contributed by atoms with E-state index in [2.05, 4.69) is 36.4 Å². The van der Waals surface area contributed by atoms with E-state index in [1.54, 1.807) is 11.3 Å². The second-order valence-electron chi connectivity index (χ2n) is 5.42. The van der Waals surface area contributed by atoms with Gasteiger partial charge in [0.05, 0.1) is 17.3 Å². The Hall–Kier alpha value is -2.59. The van der Waals surface area contributed by atoms with Gasteiger partial charge >= 0.3 is 5.97 Å². The number of hydrogen-bond acceptors (Lipinski definition) is 3. The highest BCUT2D eigenvalue weighted by molar-refractivity contribution is 7.17. The van der Waals surface area contributed by atoms with Crippen LogP contribution in [0.3, 0.4) is 0 Å². The van der Waals surface area contributed by atoms with Crippen molar-refractivity contribution in [1.82, 2.24) is 4.57 Å². The van der Waals surface area contributed by atoms with Gasteiger partial charge in [-0.05, 0) is 33.8 Å². The third-order valence-corrected chi connectivity index (χ3v) is 4.98. The molecule has 4 rings (SSSR count). The molecule has 0 fully saturated rings. The van der Waals surface area contributed by atoms with Gasteiger partial charge in [-0.2, -0.15) is 0 Å². The number of fused-ring (bicyclic) bond motifs is 2. The minimum Gasteiger partial charge on any atom is -0.464 e. The number of rotatable bonds is 3. The predicted octanol–water partition coefficient (Wildman–Crippen LogP) is 4.69. The first kappa shape index (κ1) is 14.0. The Bertz CT molecular complexity index is 1010. The zero-order chi connectivity index (χ0) is 15.8. The normalized spacial score (nSPS) is 11.2. The Morgan fingerprint density at radius 1 is 1.13 bits per heavy atom. The molecule has 4 aromatic rings. The summed E-state index contributed by atoms with van der Waals surface area (Å²) in [7, 11) is 1.42. The van der Waals surface area contributed by atoms with Crippen molar-refractivity contribution in [3.8, 4) is 0 Å². The Morgan fingerprint density at radius 2 is 1.96 bits per heavy atom. The summed E-state index contributed by atoms with van der Waals surface area (Å²) in [4.78, 5) is 12.1. The number of benzene rings is 2. The molecule has 0 radical (unpaired) electrons. The fourth-order valence-electron chi connectivity index (χ4n) is 3.02. The molecule has 0 spiro atoms. The first-order valence-corrected chi connectivity index (χ1v) is 8.27. The van der Waals surface area contributed by atoms with Crippen LogP contribution in [0.1, 0.15) is 16.1 Å². The third-order valence-electron chi connectivity index (χ3n) is 4.13. The van der Waals surface area contributed by atoms with Crippen molar-refractivity contribution in [3.63, 3.8) is 0 Å². The van der Waals surface area contributed by atoms with Crippen LogP contribution in [-0.4, -0.2) is 17.6 Å². The molecule has 3 nitrogen and oxygen atoms in total. The summed E-state index contributed by atoms with van der Waals surface area (Å²) in [6.45, 7) is 0.645. The molecule has 0 bridgehead atoms. The minimum atomic E-state index is -0.298. The van der Waals surface area contributed by atoms with E-state index < -0.39 is 0 Å². The number of carbonyl (C=O) groups excluding carboxylic acids is 1. The van der Waals surface area contributed by atoms with Gasteiger partial charge in [-0.15, -0.1) is 11.3 Å². The van der Waals surface area contributed by atoms with Gasteiger partial charge in [0.1, 0.15) is 5.69 Å². The Balaban J connectivity index is 1.89. The number of ether oxygens (including phenoxy) is 1. The lowest BCUT2D eigenvalue weighted by Crippen LogP contribution is -2.11. The highest BCUT2D eigenvalue weighted by Crippen LogP contribution is 2.28. The van der Waals surface area contributed by atoms with E-state index in [1.165, 1.54) is 23.4 Å². The van der Waals surface area contributed by atoms with Gasteiger partial charge in [0.2, 0.25) is 0 Å². The van der Waals surface area contributed by atoms with Crippen LogP contribution < -0.4 is 0 Å². The second-order valence-corrected chi connectivity index (χ2v) is 6.36. The maximum Gasteiger partial charge on any atom is 0.354 e. The van der Waals surface area contributed by atoms with Crippen LogP contribution >= 0.6 is 11.3 Å². The van der Waals surface area contributed by atoms with E-state index in [0.29, 0.717) is 12.2 Å². The molecular formula is C19H15NO2S. The summed E-state index contributed by atoms with van der Waals surface area (Å²) in [6, 6.07) is 18.6. The standard InChI is InChI=1S/C19H15NO2S/c1-22-19(21)17-11-18-16(9-10-23-18)20(17)12-14-7-4-6-13-5-2-3-8-15(13)14/h2-11H,12H2,1H3. The van der Waals surface area contributed by atoms with Crippen molar-refractivity contribution in [2.45, 2.75) is 6.54 Å². The molecule has 23 heavy (non-hydrogen) atoms. The van der Waals surface area contributed by atoms with Crippen LogP contribution in [0.4, 0.5) is 0 Å². The summed E-state index contributed by atoms with van der Waals surface area (Å²) < 4.78 is 8.09. The topological polar surface area (TPSA) is 31.2 Å². The van der Waals surface area contributed by atoms with Gasteiger partial charge in [0, 0.05) is 6.54 Å². The number of thiophene rings is 1. The van der Waals surface area contributed by atoms with Crippen molar-refractivity contribution >= 4 is 38.3 Å². The van der Waals surface area contributed by atoms with Crippen LogP contribution in [0, 0.1) is 0 Å². The zero-order valence-electron chi connectivity index (χ0n) is 12.7. The highest BCUT2D eigenvalue weighted by atomic mass is 32.1. The van der Waals surface area contributed by atoms with E-state index in [0.717, 1.165) is 10.2 Å². The van der Waals surface area contributed by atoms with Crippen molar-refractivity contribution in [2.24, 2.45) is 0 Å². The number of carbonyl (C=O) groups is 1. The number of aromatic nitrogens is 1. The van der Waals surface area contributed by atoms with Crippen molar-refractivity contribution in [1.29, 1.82) is 0 Å². The molecule has 0 aliphatic heterocycles. The molecule has 0 saturated carbocycles. The highest BCUT2D eigenvalue weighted by Gasteiger charge is 2.17. The van der Waals surface area contributed by atoms with Gasteiger partial charge in [0.25, 0.3) is 0 Å². The fraction of sp³-hybridized carbons (Fsp3) is 0.105. The van der Waals surface area contributed by atoms with Crippen LogP contribution in [0.25, 0.3) is 21.0 Å². The lowest BCUT2D eigenvalue weighted by Gasteiger charge is -2.11. The number of esters is 1. The predicted molar refractivity (Wildman–Crippen MR) is 94.2 cm³/mol. The summed E-state index contributed by atoms with van der Waals surface area (Å²) in [6.07, 6.45) is 0. The summed E-state index contributed by atoms with van der Waals surface area (Å²) in [5, 5.41) is 4.46. The van der Waals surface area contributed by atoms with E-state index >= 15 is 0 Å². The maximum absolute atomic E-state index is 12.1.